The van der Waals surface area contributed by atoms with E-state index in [-0.39, 0.29) is 11.4 Å². The molecule has 0 bridgehead atoms. The highest BCUT2D eigenvalue weighted by molar-refractivity contribution is 14.1. The van der Waals surface area contributed by atoms with Crippen LogP contribution in [0.5, 0.6) is 0 Å². The Bertz CT molecular complexity index is 736. The summed E-state index contributed by atoms with van der Waals surface area (Å²) in [6.07, 6.45) is 2.00. The molecule has 136 valence electrons. The van der Waals surface area contributed by atoms with E-state index in [0.717, 1.165) is 53.7 Å². The summed E-state index contributed by atoms with van der Waals surface area (Å²) in [5.41, 5.74) is 1.62. The highest BCUT2D eigenvalue weighted by atomic mass is 127. The molecule has 0 unspecified atom stereocenters. The van der Waals surface area contributed by atoms with Crippen molar-refractivity contribution in [2.75, 3.05) is 32.8 Å². The first kappa shape index (κ1) is 18.6. The van der Waals surface area contributed by atoms with Crippen LogP contribution in [-0.4, -0.2) is 59.4 Å². The van der Waals surface area contributed by atoms with Gasteiger partial charge in [-0.2, -0.15) is 5.10 Å². The van der Waals surface area contributed by atoms with E-state index < -0.39 is 0 Å². The molecule has 3 rings (SSSR count). The molecule has 0 saturated carbocycles. The molecule has 7 heteroatoms. The van der Waals surface area contributed by atoms with Crippen molar-refractivity contribution >= 4 is 39.4 Å². The van der Waals surface area contributed by atoms with Crippen LogP contribution in [0.4, 0.5) is 0 Å². The number of carbonyl (C=O) groups excluding carboxylic acids is 1. The smallest absolute Gasteiger partial charge is 0.251 e. The zero-order chi connectivity index (χ0) is 17.9. The SMILES string of the molecule is CCC(CC)(CNC(=O)c1ccc2[nH]nc(I)c2c1)N1CCOCC1. The fourth-order valence-electron chi connectivity index (χ4n) is 3.57. The van der Waals surface area contributed by atoms with Crippen LogP contribution >= 0.6 is 22.6 Å². The topological polar surface area (TPSA) is 70.2 Å². The number of aromatic nitrogens is 2. The number of halogens is 1. The Balaban J connectivity index is 1.72. The molecule has 0 radical (unpaired) electrons. The minimum absolute atomic E-state index is 0.00634. The monoisotopic (exact) mass is 456 g/mol. The highest BCUT2D eigenvalue weighted by Crippen LogP contribution is 2.25. The van der Waals surface area contributed by atoms with Gasteiger partial charge in [-0.3, -0.25) is 14.8 Å². The molecular weight excluding hydrogens is 431 g/mol. The number of carbonyl (C=O) groups is 1. The van der Waals surface area contributed by atoms with Gasteiger partial charge < -0.3 is 10.1 Å². The molecule has 1 aliphatic rings. The van der Waals surface area contributed by atoms with Gasteiger partial charge in [0.15, 0.2) is 0 Å². The normalized spacial score (nSPS) is 16.3. The number of nitrogens with zero attached hydrogens (tertiary/aromatic N) is 2. The number of aromatic amines is 1. The molecule has 2 N–H and O–H groups in total. The number of rotatable bonds is 6. The molecule has 1 aromatic heterocycles. The average Bonchev–Trinajstić information content (AvgIpc) is 3.04. The molecule has 0 spiro atoms. The van der Waals surface area contributed by atoms with Gasteiger partial charge in [-0.1, -0.05) is 13.8 Å². The maximum atomic E-state index is 12.7. The summed E-state index contributed by atoms with van der Waals surface area (Å²) in [5, 5.41) is 11.3. The molecule has 1 aromatic carbocycles. The van der Waals surface area contributed by atoms with Crippen molar-refractivity contribution in [1.29, 1.82) is 0 Å². The van der Waals surface area contributed by atoms with E-state index in [1.807, 2.05) is 18.2 Å². The lowest BCUT2D eigenvalue weighted by Gasteiger charge is -2.45. The average molecular weight is 456 g/mol. The number of benzene rings is 1. The summed E-state index contributed by atoms with van der Waals surface area (Å²) in [4.78, 5) is 15.2. The molecule has 6 nitrogen and oxygen atoms in total. The van der Waals surface area contributed by atoms with Crippen LogP contribution in [0.2, 0.25) is 0 Å². The first-order valence-corrected chi connectivity index (χ1v) is 9.92. The van der Waals surface area contributed by atoms with Gasteiger partial charge in [0.2, 0.25) is 0 Å². The molecule has 1 saturated heterocycles. The number of ether oxygens (including phenoxy) is 1. The van der Waals surface area contributed by atoms with Crippen LogP contribution in [0.1, 0.15) is 37.0 Å². The number of morpholine rings is 1. The number of fused-ring (bicyclic) bond motifs is 1. The second kappa shape index (κ2) is 8.01. The fourth-order valence-corrected chi connectivity index (χ4v) is 4.13. The number of hydrogen-bond acceptors (Lipinski definition) is 4. The van der Waals surface area contributed by atoms with E-state index in [0.29, 0.717) is 12.1 Å². The fraction of sp³-hybridized carbons (Fsp3) is 0.556. The lowest BCUT2D eigenvalue weighted by atomic mass is 9.89. The van der Waals surface area contributed by atoms with Crippen molar-refractivity contribution in [2.45, 2.75) is 32.2 Å². The molecule has 1 fully saturated rings. The first-order chi connectivity index (χ1) is 12.1. The molecular formula is C18H25IN4O2. The number of hydrogen-bond donors (Lipinski definition) is 2. The van der Waals surface area contributed by atoms with Crippen molar-refractivity contribution in [3.63, 3.8) is 0 Å². The molecule has 0 atom stereocenters. The number of nitrogens with one attached hydrogen (secondary N) is 2. The summed E-state index contributed by atoms with van der Waals surface area (Å²) in [6.45, 7) is 8.44. The van der Waals surface area contributed by atoms with Crippen molar-refractivity contribution in [1.82, 2.24) is 20.4 Å². The Hall–Kier alpha value is -1.19. The van der Waals surface area contributed by atoms with Gasteiger partial charge in [0, 0.05) is 36.1 Å². The van der Waals surface area contributed by atoms with Gasteiger partial charge in [0.25, 0.3) is 5.91 Å². The molecule has 1 aliphatic heterocycles. The molecule has 2 heterocycles. The Kier molecular flexibility index (Phi) is 5.96. The van der Waals surface area contributed by atoms with Crippen molar-refractivity contribution < 1.29 is 9.53 Å². The van der Waals surface area contributed by atoms with Crippen LogP contribution in [0, 0.1) is 3.70 Å². The van der Waals surface area contributed by atoms with Gasteiger partial charge in [-0.25, -0.2) is 0 Å². The minimum atomic E-state index is -0.0292. The van der Waals surface area contributed by atoms with Gasteiger partial charge >= 0.3 is 0 Å². The van der Waals surface area contributed by atoms with Crippen LogP contribution in [-0.2, 0) is 4.74 Å². The van der Waals surface area contributed by atoms with Gasteiger partial charge in [0.1, 0.15) is 3.70 Å². The van der Waals surface area contributed by atoms with E-state index >= 15 is 0 Å². The lowest BCUT2D eigenvalue weighted by Crippen LogP contribution is -2.58. The van der Waals surface area contributed by atoms with Gasteiger partial charge in [-0.15, -0.1) is 0 Å². The Morgan fingerprint density at radius 2 is 2.08 bits per heavy atom. The van der Waals surface area contributed by atoms with E-state index in [1.54, 1.807) is 0 Å². The summed E-state index contributed by atoms with van der Waals surface area (Å²) in [6, 6.07) is 5.67. The summed E-state index contributed by atoms with van der Waals surface area (Å²) in [7, 11) is 0. The third-order valence-electron chi connectivity index (χ3n) is 5.35. The van der Waals surface area contributed by atoms with Gasteiger partial charge in [-0.05, 0) is 53.6 Å². The molecule has 1 amide bonds. The van der Waals surface area contributed by atoms with Crippen molar-refractivity contribution in [3.05, 3.63) is 27.5 Å². The van der Waals surface area contributed by atoms with Crippen molar-refractivity contribution in [2.24, 2.45) is 0 Å². The first-order valence-electron chi connectivity index (χ1n) is 8.84. The van der Waals surface area contributed by atoms with E-state index in [9.17, 15) is 4.79 Å². The standard InChI is InChI=1S/C18H25IN4O2/c1-3-18(4-2,23-7-9-25-10-8-23)12-20-17(24)13-5-6-15-14(11-13)16(19)22-21-15/h5-6,11H,3-4,7-10,12H2,1-2H3,(H,20,24)(H,21,22). The van der Waals surface area contributed by atoms with Crippen molar-refractivity contribution in [3.8, 4) is 0 Å². The maximum absolute atomic E-state index is 12.7. The Morgan fingerprint density at radius 1 is 1.36 bits per heavy atom. The zero-order valence-electron chi connectivity index (χ0n) is 14.8. The van der Waals surface area contributed by atoms with Crippen LogP contribution in [0.3, 0.4) is 0 Å². The van der Waals surface area contributed by atoms with E-state index in [1.165, 1.54) is 0 Å². The van der Waals surface area contributed by atoms with Crippen LogP contribution in [0.25, 0.3) is 10.9 Å². The third-order valence-corrected chi connectivity index (χ3v) is 6.18. The zero-order valence-corrected chi connectivity index (χ0v) is 16.9. The molecule has 25 heavy (non-hydrogen) atoms. The molecule has 2 aromatic rings. The summed E-state index contributed by atoms with van der Waals surface area (Å²) in [5.74, 6) is -0.0292. The lowest BCUT2D eigenvalue weighted by molar-refractivity contribution is -0.0254. The Labute approximate surface area is 161 Å². The second-order valence-electron chi connectivity index (χ2n) is 6.49. The van der Waals surface area contributed by atoms with Crippen LogP contribution < -0.4 is 5.32 Å². The quantitative estimate of drug-likeness (QED) is 0.657. The maximum Gasteiger partial charge on any atom is 0.251 e. The second-order valence-corrected chi connectivity index (χ2v) is 7.51. The van der Waals surface area contributed by atoms with Gasteiger partial charge in [0.05, 0.1) is 18.7 Å². The predicted molar refractivity (Wildman–Crippen MR) is 107 cm³/mol. The minimum Gasteiger partial charge on any atom is -0.379 e. The van der Waals surface area contributed by atoms with Crippen LogP contribution in [0.15, 0.2) is 18.2 Å². The van der Waals surface area contributed by atoms with E-state index in [4.69, 9.17) is 4.74 Å². The number of H-pyrrole nitrogens is 1. The Morgan fingerprint density at radius 3 is 2.76 bits per heavy atom. The largest absolute Gasteiger partial charge is 0.379 e. The summed E-state index contributed by atoms with van der Waals surface area (Å²) < 4.78 is 6.37. The molecule has 0 aliphatic carbocycles. The summed E-state index contributed by atoms with van der Waals surface area (Å²) >= 11 is 2.18. The predicted octanol–water partition coefficient (Wildman–Crippen LogP) is 2.79. The highest BCUT2D eigenvalue weighted by Gasteiger charge is 2.34. The number of amides is 1. The third kappa shape index (κ3) is 3.83. The van der Waals surface area contributed by atoms with E-state index in [2.05, 4.69) is 56.9 Å².